The summed E-state index contributed by atoms with van der Waals surface area (Å²) in [6.07, 6.45) is 7.23. The lowest BCUT2D eigenvalue weighted by atomic mass is 10.2. The molecule has 0 unspecified atom stereocenters. The highest BCUT2D eigenvalue weighted by Gasteiger charge is 2.13. The van der Waals surface area contributed by atoms with E-state index < -0.39 is 0 Å². The van der Waals surface area contributed by atoms with Gasteiger partial charge in [-0.1, -0.05) is 18.2 Å². The lowest BCUT2D eigenvalue weighted by molar-refractivity contribution is 0.0949. The van der Waals surface area contributed by atoms with E-state index in [1.165, 1.54) is 6.26 Å². The molecule has 0 atom stereocenters. The lowest BCUT2D eigenvalue weighted by Gasteiger charge is -2.06. The predicted molar refractivity (Wildman–Crippen MR) is 103 cm³/mol. The highest BCUT2D eigenvalue weighted by Crippen LogP contribution is 2.23. The molecule has 0 saturated carbocycles. The first-order valence-electron chi connectivity index (χ1n) is 8.87. The number of ether oxygens (including phenoxy) is 1. The van der Waals surface area contributed by atoms with E-state index in [1.807, 2.05) is 42.5 Å². The van der Waals surface area contributed by atoms with Crippen LogP contribution in [-0.2, 0) is 13.0 Å². The summed E-state index contributed by atoms with van der Waals surface area (Å²) in [6.45, 7) is 0.614. The third kappa shape index (κ3) is 4.15. The van der Waals surface area contributed by atoms with Crippen molar-refractivity contribution in [2.24, 2.45) is 0 Å². The summed E-state index contributed by atoms with van der Waals surface area (Å²) in [5, 5.41) is 3.81. The number of carbonyl (C=O) groups is 1. The molecule has 0 fully saturated rings. The highest BCUT2D eigenvalue weighted by molar-refractivity contribution is 5.91. The van der Waals surface area contributed by atoms with Crippen molar-refractivity contribution in [3.8, 4) is 5.75 Å². The van der Waals surface area contributed by atoms with Crippen LogP contribution in [0.4, 0.5) is 0 Å². The van der Waals surface area contributed by atoms with Crippen LogP contribution in [0.1, 0.15) is 21.9 Å². The number of carbonyl (C=O) groups excluding carboxylic acids is 1. The molecule has 0 radical (unpaired) electrons. The first-order valence-corrected chi connectivity index (χ1v) is 8.87. The average Bonchev–Trinajstić information content (AvgIpc) is 3.22. The van der Waals surface area contributed by atoms with Crippen molar-refractivity contribution in [2.75, 3.05) is 6.54 Å². The van der Waals surface area contributed by atoms with Crippen LogP contribution in [0.3, 0.4) is 0 Å². The monoisotopic (exact) mass is 374 g/mol. The minimum Gasteiger partial charge on any atom is -0.482 e. The molecule has 0 aliphatic rings. The molecule has 28 heavy (non-hydrogen) atoms. The van der Waals surface area contributed by atoms with Crippen LogP contribution in [0.5, 0.6) is 5.75 Å². The number of hydrogen-bond donors (Lipinski definition) is 1. The molecule has 3 aromatic heterocycles. The summed E-state index contributed by atoms with van der Waals surface area (Å²) < 4.78 is 11.1. The van der Waals surface area contributed by atoms with Gasteiger partial charge in [0.1, 0.15) is 17.5 Å². The van der Waals surface area contributed by atoms with Crippen LogP contribution < -0.4 is 10.1 Å². The van der Waals surface area contributed by atoms with Crippen LogP contribution in [0.2, 0.25) is 0 Å². The molecular formula is C21H18N4O3. The molecular weight excluding hydrogens is 356 g/mol. The van der Waals surface area contributed by atoms with E-state index >= 15 is 0 Å². The Hall–Kier alpha value is -3.74. The Morgan fingerprint density at radius 3 is 2.82 bits per heavy atom. The quantitative estimate of drug-likeness (QED) is 0.534. The summed E-state index contributed by atoms with van der Waals surface area (Å²) in [7, 11) is 0. The van der Waals surface area contributed by atoms with Gasteiger partial charge in [0, 0.05) is 30.5 Å². The smallest absolute Gasteiger partial charge is 0.273 e. The number of nitrogens with zero attached hydrogens (tertiary/aromatic N) is 3. The van der Waals surface area contributed by atoms with E-state index in [4.69, 9.17) is 9.15 Å². The van der Waals surface area contributed by atoms with Gasteiger partial charge < -0.3 is 14.5 Å². The summed E-state index contributed by atoms with van der Waals surface area (Å²) in [6, 6.07) is 13.4. The molecule has 4 aromatic rings. The van der Waals surface area contributed by atoms with E-state index in [0.29, 0.717) is 18.2 Å². The van der Waals surface area contributed by atoms with Crippen molar-refractivity contribution < 1.29 is 13.9 Å². The van der Waals surface area contributed by atoms with Crippen LogP contribution >= 0.6 is 0 Å². The number of pyridine rings is 2. The van der Waals surface area contributed by atoms with Crippen molar-refractivity contribution in [3.63, 3.8) is 0 Å². The van der Waals surface area contributed by atoms with Gasteiger partial charge in [-0.15, -0.1) is 0 Å². The van der Waals surface area contributed by atoms with Crippen molar-refractivity contribution in [3.05, 3.63) is 84.5 Å². The molecule has 1 amide bonds. The molecule has 1 N–H and O–H groups in total. The Morgan fingerprint density at radius 2 is 1.93 bits per heavy atom. The maximum absolute atomic E-state index is 12.2. The van der Waals surface area contributed by atoms with Gasteiger partial charge >= 0.3 is 0 Å². The number of hydrogen-bond acceptors (Lipinski definition) is 6. The number of para-hydroxylation sites is 1. The molecule has 140 valence electrons. The first kappa shape index (κ1) is 17.7. The van der Waals surface area contributed by atoms with Crippen molar-refractivity contribution >= 4 is 16.8 Å². The second kappa shape index (κ2) is 8.30. The lowest BCUT2D eigenvalue weighted by Crippen LogP contribution is -2.26. The number of benzene rings is 1. The fraction of sp³-hybridized carbons (Fsp3) is 0.143. The summed E-state index contributed by atoms with van der Waals surface area (Å²) in [5.41, 5.74) is 2.10. The molecule has 3 heterocycles. The topological polar surface area (TPSA) is 90.1 Å². The number of fused-ring (bicyclic) bond motifs is 1. The average molecular weight is 374 g/mol. The summed E-state index contributed by atoms with van der Waals surface area (Å²) >= 11 is 0. The Labute approximate surface area is 161 Å². The van der Waals surface area contributed by atoms with Crippen LogP contribution in [-0.4, -0.2) is 27.4 Å². The van der Waals surface area contributed by atoms with Crippen molar-refractivity contribution in [2.45, 2.75) is 13.0 Å². The minimum atomic E-state index is -0.282. The number of aromatic nitrogens is 3. The van der Waals surface area contributed by atoms with Gasteiger partial charge in [0.05, 0.1) is 0 Å². The Kier molecular flexibility index (Phi) is 5.24. The van der Waals surface area contributed by atoms with Gasteiger partial charge in [-0.2, -0.15) is 0 Å². The number of rotatable bonds is 7. The molecule has 0 bridgehead atoms. The van der Waals surface area contributed by atoms with E-state index in [-0.39, 0.29) is 18.2 Å². The van der Waals surface area contributed by atoms with E-state index in [9.17, 15) is 4.79 Å². The van der Waals surface area contributed by atoms with Crippen LogP contribution in [0.25, 0.3) is 10.9 Å². The number of nitrogens with one attached hydrogen (secondary N) is 1. The van der Waals surface area contributed by atoms with Crippen molar-refractivity contribution in [1.29, 1.82) is 0 Å². The molecule has 0 saturated heterocycles. The van der Waals surface area contributed by atoms with Gasteiger partial charge in [0.15, 0.2) is 12.3 Å². The van der Waals surface area contributed by atoms with E-state index in [2.05, 4.69) is 20.3 Å². The zero-order valence-corrected chi connectivity index (χ0v) is 15.0. The van der Waals surface area contributed by atoms with Gasteiger partial charge in [-0.05, 0) is 36.2 Å². The third-order valence-corrected chi connectivity index (χ3v) is 4.18. The van der Waals surface area contributed by atoms with Crippen LogP contribution in [0, 0.1) is 0 Å². The summed E-state index contributed by atoms with van der Waals surface area (Å²) in [4.78, 5) is 24.7. The van der Waals surface area contributed by atoms with Gasteiger partial charge in [-0.25, -0.2) is 4.98 Å². The maximum Gasteiger partial charge on any atom is 0.273 e. The molecule has 4 rings (SSSR count). The Morgan fingerprint density at radius 1 is 1.07 bits per heavy atom. The molecule has 0 aliphatic heterocycles. The fourth-order valence-corrected chi connectivity index (χ4v) is 2.77. The predicted octanol–water partition coefficient (Wildman–Crippen LogP) is 3.17. The van der Waals surface area contributed by atoms with Gasteiger partial charge in [0.25, 0.3) is 5.91 Å². The molecule has 1 aromatic carbocycles. The zero-order valence-electron chi connectivity index (χ0n) is 15.0. The maximum atomic E-state index is 12.2. The SMILES string of the molecule is O=C(NCCc1ccncc1)c1coc(COc2cccc3cccnc23)n1. The van der Waals surface area contributed by atoms with Gasteiger partial charge in [0.2, 0.25) is 5.89 Å². The largest absolute Gasteiger partial charge is 0.482 e. The molecule has 0 spiro atoms. The molecule has 7 nitrogen and oxygen atoms in total. The second-order valence-electron chi connectivity index (χ2n) is 6.11. The Balaban J connectivity index is 1.33. The van der Waals surface area contributed by atoms with E-state index in [1.54, 1.807) is 18.6 Å². The first-order chi connectivity index (χ1) is 13.8. The minimum absolute atomic E-state index is 0.111. The molecule has 0 aliphatic carbocycles. The normalized spacial score (nSPS) is 10.7. The number of oxazole rings is 1. The van der Waals surface area contributed by atoms with Crippen LogP contribution in [0.15, 0.2) is 71.7 Å². The second-order valence-corrected chi connectivity index (χ2v) is 6.11. The number of amides is 1. The highest BCUT2D eigenvalue weighted by atomic mass is 16.5. The van der Waals surface area contributed by atoms with Gasteiger partial charge in [-0.3, -0.25) is 14.8 Å². The summed E-state index contributed by atoms with van der Waals surface area (Å²) in [5.74, 6) is 0.683. The zero-order chi connectivity index (χ0) is 19.2. The van der Waals surface area contributed by atoms with Crippen molar-refractivity contribution in [1.82, 2.24) is 20.3 Å². The molecule has 7 heteroatoms. The Bertz CT molecular complexity index is 1070. The fourth-order valence-electron chi connectivity index (χ4n) is 2.77. The standard InChI is InChI=1S/C21H18N4O3/c26-21(24-12-8-15-6-10-22-11-7-15)17-13-28-19(25-17)14-27-18-5-1-3-16-4-2-9-23-20(16)18/h1-7,9-11,13H,8,12,14H2,(H,24,26). The third-order valence-electron chi connectivity index (χ3n) is 4.18. The van der Waals surface area contributed by atoms with E-state index in [0.717, 1.165) is 22.9 Å².